The maximum absolute atomic E-state index is 6.42. The van der Waals surface area contributed by atoms with Gasteiger partial charge in [0.25, 0.3) is 0 Å². The molecule has 0 spiro atoms. The van der Waals surface area contributed by atoms with E-state index in [1.165, 1.54) is 115 Å². The second-order valence-electron chi connectivity index (χ2n) is 9.85. The molecular weight excluding hydrogens is 361 g/mol. The summed E-state index contributed by atoms with van der Waals surface area (Å²) in [5.41, 5.74) is 0. The Balaban J connectivity index is 3.85. The molecule has 0 aromatic carbocycles. The van der Waals surface area contributed by atoms with Crippen LogP contribution in [0.5, 0.6) is 0 Å². The van der Waals surface area contributed by atoms with E-state index in [0.29, 0.717) is 0 Å². The number of hydrogen-bond acceptors (Lipinski definition) is 1. The summed E-state index contributed by atoms with van der Waals surface area (Å²) in [7, 11) is 6.23. The standard InChI is InChI=1S/C25H56NOP/c1-6-8-10-12-14-16-18-20-24-28(27-23-22-26(3,4)5)25-21-19-17-15-13-11-9-7-2/h28H,6-25H2,1-5H3. The van der Waals surface area contributed by atoms with Gasteiger partial charge in [0.2, 0.25) is 0 Å². The van der Waals surface area contributed by atoms with Gasteiger partial charge in [0.15, 0.2) is 0 Å². The van der Waals surface area contributed by atoms with E-state index < -0.39 is 8.15 Å². The van der Waals surface area contributed by atoms with Crippen LogP contribution < -0.4 is 0 Å². The third-order valence-electron chi connectivity index (χ3n) is 5.69. The molecule has 0 radical (unpaired) electrons. The summed E-state index contributed by atoms with van der Waals surface area (Å²) in [4.78, 5) is 0. The van der Waals surface area contributed by atoms with Crippen molar-refractivity contribution in [3.8, 4) is 0 Å². The summed E-state index contributed by atoms with van der Waals surface area (Å²) >= 11 is 0. The first-order valence-electron chi connectivity index (χ1n) is 12.8. The van der Waals surface area contributed by atoms with Gasteiger partial charge in [-0.15, -0.1) is 0 Å². The summed E-state index contributed by atoms with van der Waals surface area (Å²) < 4.78 is 7.44. The summed E-state index contributed by atoms with van der Waals surface area (Å²) in [6.07, 6.45) is 25.5. The predicted molar refractivity (Wildman–Crippen MR) is 132 cm³/mol. The number of rotatable bonds is 22. The van der Waals surface area contributed by atoms with Gasteiger partial charge in [-0.1, -0.05) is 0 Å². The molecule has 0 N–H and O–H groups in total. The van der Waals surface area contributed by atoms with Crippen molar-refractivity contribution in [2.45, 2.75) is 117 Å². The zero-order valence-electron chi connectivity index (χ0n) is 20.5. The normalized spacial score (nSPS) is 12.5. The van der Waals surface area contributed by atoms with Crippen molar-refractivity contribution >= 4 is 8.15 Å². The third-order valence-corrected chi connectivity index (χ3v) is 8.12. The average Bonchev–Trinajstić information content (AvgIpc) is 2.64. The number of unbranched alkanes of at least 4 members (excludes halogenated alkanes) is 14. The molecule has 0 fully saturated rings. The fourth-order valence-corrected chi connectivity index (χ4v) is 5.85. The minimum absolute atomic E-state index is 0.579. The van der Waals surface area contributed by atoms with Gasteiger partial charge in [0, 0.05) is 0 Å². The zero-order valence-corrected chi connectivity index (χ0v) is 21.5. The number of hydrogen-bond donors (Lipinski definition) is 0. The summed E-state index contributed by atoms with van der Waals surface area (Å²) in [5, 5.41) is 0. The first-order valence-corrected chi connectivity index (χ1v) is 14.6. The number of quaternary nitrogens is 1. The van der Waals surface area contributed by atoms with Crippen LogP contribution in [-0.4, -0.2) is 51.1 Å². The number of nitrogens with zero attached hydrogens (tertiary/aromatic N) is 1. The summed E-state index contributed by atoms with van der Waals surface area (Å²) in [6.45, 7) is 6.71. The van der Waals surface area contributed by atoms with Crippen molar-refractivity contribution in [2.75, 3.05) is 46.6 Å². The van der Waals surface area contributed by atoms with Crippen molar-refractivity contribution in [3.05, 3.63) is 0 Å². The van der Waals surface area contributed by atoms with E-state index in [9.17, 15) is 0 Å². The van der Waals surface area contributed by atoms with Gasteiger partial charge < -0.3 is 0 Å². The summed E-state index contributed by atoms with van der Waals surface area (Å²) in [6, 6.07) is 0. The molecular formula is C25H56NOP. The molecule has 2 nitrogen and oxygen atoms in total. The van der Waals surface area contributed by atoms with E-state index in [1.807, 2.05) is 0 Å². The van der Waals surface area contributed by atoms with Crippen LogP contribution in [0, 0.1) is 0 Å². The first kappa shape index (κ1) is 28.4. The summed E-state index contributed by atoms with van der Waals surface area (Å²) in [5.74, 6) is 0. The molecule has 3 heteroatoms. The molecule has 0 heterocycles. The van der Waals surface area contributed by atoms with E-state index in [-0.39, 0.29) is 0 Å². The molecule has 28 heavy (non-hydrogen) atoms. The Morgan fingerprint density at radius 3 is 1.25 bits per heavy atom. The van der Waals surface area contributed by atoms with E-state index in [0.717, 1.165) is 17.6 Å². The van der Waals surface area contributed by atoms with Gasteiger partial charge in [-0.05, 0) is 0 Å². The van der Waals surface area contributed by atoms with Crippen LogP contribution in [0.3, 0.4) is 0 Å². The Morgan fingerprint density at radius 1 is 0.536 bits per heavy atom. The second-order valence-corrected chi connectivity index (χ2v) is 12.2. The Morgan fingerprint density at radius 2 is 0.893 bits per heavy atom. The van der Waals surface area contributed by atoms with Gasteiger partial charge in [0.05, 0.1) is 0 Å². The van der Waals surface area contributed by atoms with Crippen molar-refractivity contribution in [1.29, 1.82) is 0 Å². The van der Waals surface area contributed by atoms with Crippen LogP contribution in [0.25, 0.3) is 0 Å². The van der Waals surface area contributed by atoms with Crippen molar-refractivity contribution in [2.24, 2.45) is 0 Å². The fraction of sp³-hybridized carbons (Fsp3) is 1.00. The van der Waals surface area contributed by atoms with Crippen LogP contribution in [0.1, 0.15) is 117 Å². The van der Waals surface area contributed by atoms with Crippen LogP contribution >= 0.6 is 8.15 Å². The molecule has 0 aromatic rings. The molecule has 0 saturated carbocycles. The maximum atomic E-state index is 6.42. The van der Waals surface area contributed by atoms with Crippen LogP contribution in [-0.2, 0) is 4.52 Å². The Bertz CT molecular complexity index is 283. The van der Waals surface area contributed by atoms with E-state index in [2.05, 4.69) is 35.0 Å². The molecule has 0 amide bonds. The molecule has 0 bridgehead atoms. The molecule has 172 valence electrons. The van der Waals surface area contributed by atoms with Gasteiger partial charge in [-0.2, -0.15) is 0 Å². The molecule has 0 aromatic heterocycles. The van der Waals surface area contributed by atoms with Crippen molar-refractivity contribution in [1.82, 2.24) is 0 Å². The van der Waals surface area contributed by atoms with Gasteiger partial charge in [-0.25, -0.2) is 0 Å². The van der Waals surface area contributed by atoms with E-state index in [1.54, 1.807) is 0 Å². The number of likely N-dealkylation sites (N-methyl/N-ethyl adjacent to an activating group) is 1. The topological polar surface area (TPSA) is 9.23 Å². The van der Waals surface area contributed by atoms with E-state index in [4.69, 9.17) is 4.52 Å². The van der Waals surface area contributed by atoms with Gasteiger partial charge in [0.1, 0.15) is 0 Å². The van der Waals surface area contributed by atoms with E-state index >= 15 is 0 Å². The molecule has 0 aliphatic heterocycles. The van der Waals surface area contributed by atoms with Gasteiger partial charge >= 0.3 is 180 Å². The van der Waals surface area contributed by atoms with Gasteiger partial charge in [-0.3, -0.25) is 0 Å². The quantitative estimate of drug-likeness (QED) is 0.0981. The average molecular weight is 418 g/mol. The Hall–Kier alpha value is 0.350. The fourth-order valence-electron chi connectivity index (χ4n) is 3.65. The Labute approximate surface area is 180 Å². The van der Waals surface area contributed by atoms with Crippen LogP contribution in [0.15, 0.2) is 0 Å². The van der Waals surface area contributed by atoms with Crippen LogP contribution in [0.4, 0.5) is 0 Å². The second kappa shape index (κ2) is 20.6. The molecule has 0 atom stereocenters. The molecule has 0 aliphatic carbocycles. The third kappa shape index (κ3) is 22.6. The molecule has 0 rings (SSSR count). The predicted octanol–water partition coefficient (Wildman–Crippen LogP) is 8.12. The van der Waals surface area contributed by atoms with Crippen LogP contribution in [0.2, 0.25) is 0 Å². The SMILES string of the molecule is CCCCCCCCCC[PH-](CCCCCCCCCC)OCC[N+](C)(C)C. The zero-order chi connectivity index (χ0) is 20.9. The van der Waals surface area contributed by atoms with Crippen molar-refractivity contribution in [3.63, 3.8) is 0 Å². The molecule has 0 aliphatic rings. The molecule has 0 saturated heterocycles. The monoisotopic (exact) mass is 417 g/mol. The first-order chi connectivity index (χ1) is 13.5. The molecule has 0 unspecified atom stereocenters. The van der Waals surface area contributed by atoms with Crippen molar-refractivity contribution < 1.29 is 9.01 Å². The minimum atomic E-state index is -0.579. The Kier molecular flexibility index (Phi) is 20.9.